The number of aliphatic carboxylic acids is 1. The summed E-state index contributed by atoms with van der Waals surface area (Å²) in [6.07, 6.45) is 0.573. The van der Waals surface area contributed by atoms with Crippen LogP contribution in [0.15, 0.2) is 24.3 Å². The second kappa shape index (κ2) is 5.85. The highest BCUT2D eigenvalue weighted by molar-refractivity contribution is 6.30. The smallest absolute Gasteiger partial charge is 0.307 e. The molecule has 0 radical (unpaired) electrons. The number of rotatable bonds is 4. The largest absolute Gasteiger partial charge is 0.481 e. The first-order valence-electron chi connectivity index (χ1n) is 7.43. The van der Waals surface area contributed by atoms with E-state index in [4.69, 9.17) is 16.7 Å². The van der Waals surface area contributed by atoms with Gasteiger partial charge in [0, 0.05) is 18.5 Å². The van der Waals surface area contributed by atoms with Crippen molar-refractivity contribution in [3.63, 3.8) is 0 Å². The van der Waals surface area contributed by atoms with Gasteiger partial charge in [0.15, 0.2) is 0 Å². The van der Waals surface area contributed by atoms with Crippen molar-refractivity contribution in [3.05, 3.63) is 34.9 Å². The second-order valence-electron chi connectivity index (χ2n) is 6.11. The quantitative estimate of drug-likeness (QED) is 0.871. The number of carbonyl (C=O) groups excluding carboxylic acids is 2. The van der Waals surface area contributed by atoms with Gasteiger partial charge in [0.05, 0.1) is 23.9 Å². The van der Waals surface area contributed by atoms with Gasteiger partial charge in [-0.05, 0) is 24.1 Å². The monoisotopic (exact) mass is 336 g/mol. The normalized spacial score (nSPS) is 29.5. The summed E-state index contributed by atoms with van der Waals surface area (Å²) < 4.78 is 0. The van der Waals surface area contributed by atoms with Crippen molar-refractivity contribution in [2.45, 2.75) is 24.9 Å². The molecule has 3 rings (SSSR count). The molecule has 0 unspecified atom stereocenters. The number of carboxylic acid groups (broad SMARTS) is 1. The van der Waals surface area contributed by atoms with Gasteiger partial charge in [-0.2, -0.15) is 0 Å². The first-order valence-corrected chi connectivity index (χ1v) is 7.80. The molecule has 1 heterocycles. The van der Waals surface area contributed by atoms with Crippen LogP contribution in [0.1, 0.15) is 24.4 Å². The molecule has 1 aliphatic heterocycles. The number of carboxylic acids is 1. The predicted octanol–water partition coefficient (Wildman–Crippen LogP) is 1.45. The Labute approximate surface area is 138 Å². The predicted molar refractivity (Wildman–Crippen MR) is 82.7 cm³/mol. The summed E-state index contributed by atoms with van der Waals surface area (Å²) in [5.74, 6) is -2.37. The maximum absolute atomic E-state index is 12.2. The lowest BCUT2D eigenvalue weighted by molar-refractivity contribution is -0.140. The number of benzene rings is 1. The number of halogens is 1. The minimum atomic E-state index is -0.945. The van der Waals surface area contributed by atoms with Crippen molar-refractivity contribution in [2.75, 3.05) is 7.05 Å². The van der Waals surface area contributed by atoms with Crippen LogP contribution in [0.25, 0.3) is 0 Å². The molecule has 2 amide bonds. The Hall–Kier alpha value is -2.08. The Bertz CT molecular complexity index is 661. The molecule has 6 nitrogen and oxygen atoms in total. The average Bonchev–Trinajstić information content (AvgIpc) is 3.25. The summed E-state index contributed by atoms with van der Waals surface area (Å²) in [6, 6.07) is 6.51. The van der Waals surface area contributed by atoms with Crippen LogP contribution in [-0.2, 0) is 14.4 Å². The van der Waals surface area contributed by atoms with Gasteiger partial charge in [0.1, 0.15) is 0 Å². The van der Waals surface area contributed by atoms with Gasteiger partial charge in [0.2, 0.25) is 11.8 Å². The van der Waals surface area contributed by atoms with Crippen molar-refractivity contribution >= 4 is 29.4 Å². The maximum atomic E-state index is 12.2. The Balaban J connectivity index is 1.74. The van der Waals surface area contributed by atoms with E-state index in [0.29, 0.717) is 11.4 Å². The molecule has 23 heavy (non-hydrogen) atoms. The van der Waals surface area contributed by atoms with Gasteiger partial charge >= 0.3 is 5.97 Å². The van der Waals surface area contributed by atoms with Crippen LogP contribution in [0.5, 0.6) is 0 Å². The Morgan fingerprint density at radius 2 is 1.91 bits per heavy atom. The molecular weight excluding hydrogens is 320 g/mol. The molecule has 0 aromatic heterocycles. The fraction of sp³-hybridized carbons (Fsp3) is 0.438. The minimum absolute atomic E-state index is 0.0548. The molecule has 0 spiro atoms. The highest BCUT2D eigenvalue weighted by Crippen LogP contribution is 2.40. The topological polar surface area (TPSA) is 86.7 Å². The van der Waals surface area contributed by atoms with Gasteiger partial charge in [0.25, 0.3) is 0 Å². The number of likely N-dealkylation sites (tertiary alicyclic amines) is 1. The summed E-state index contributed by atoms with van der Waals surface area (Å²) >= 11 is 5.89. The molecule has 1 saturated carbocycles. The molecule has 2 N–H and O–H groups in total. The van der Waals surface area contributed by atoms with Gasteiger partial charge in [-0.15, -0.1) is 0 Å². The van der Waals surface area contributed by atoms with Crippen molar-refractivity contribution < 1.29 is 19.5 Å². The van der Waals surface area contributed by atoms with Gasteiger partial charge < -0.3 is 15.3 Å². The fourth-order valence-corrected chi connectivity index (χ4v) is 3.29. The van der Waals surface area contributed by atoms with Gasteiger partial charge in [-0.3, -0.25) is 14.4 Å². The Morgan fingerprint density at radius 3 is 2.48 bits per heavy atom. The van der Waals surface area contributed by atoms with Crippen molar-refractivity contribution in [2.24, 2.45) is 11.8 Å². The first-order chi connectivity index (χ1) is 10.9. The van der Waals surface area contributed by atoms with Crippen LogP contribution in [0.2, 0.25) is 5.02 Å². The molecule has 1 aromatic rings. The summed E-state index contributed by atoms with van der Waals surface area (Å²) in [7, 11) is 1.70. The maximum Gasteiger partial charge on any atom is 0.307 e. The van der Waals surface area contributed by atoms with Crippen molar-refractivity contribution in [1.82, 2.24) is 10.2 Å². The third kappa shape index (κ3) is 3.03. The van der Waals surface area contributed by atoms with Crippen LogP contribution < -0.4 is 5.32 Å². The molecule has 2 fully saturated rings. The molecule has 4 atom stereocenters. The van der Waals surface area contributed by atoms with E-state index in [0.717, 1.165) is 5.56 Å². The molecule has 0 bridgehead atoms. The third-order valence-electron chi connectivity index (χ3n) is 4.57. The number of amides is 2. The molecule has 1 aliphatic carbocycles. The van der Waals surface area contributed by atoms with Crippen LogP contribution in [-0.4, -0.2) is 40.9 Å². The van der Waals surface area contributed by atoms with Crippen molar-refractivity contribution in [1.29, 1.82) is 0 Å². The number of nitrogens with zero attached hydrogens (tertiary/aromatic N) is 1. The highest BCUT2D eigenvalue weighted by atomic mass is 35.5. The lowest BCUT2D eigenvalue weighted by atomic mass is 10.00. The third-order valence-corrected chi connectivity index (χ3v) is 4.82. The van der Waals surface area contributed by atoms with Crippen LogP contribution in [0.3, 0.4) is 0 Å². The Kier molecular flexibility index (Phi) is 4.02. The van der Waals surface area contributed by atoms with Crippen LogP contribution in [0, 0.1) is 11.8 Å². The number of hydrogen-bond acceptors (Lipinski definition) is 3. The number of nitrogens with one attached hydrogen (secondary N) is 1. The summed E-state index contributed by atoms with van der Waals surface area (Å²) in [5.41, 5.74) is 0.888. The van der Waals surface area contributed by atoms with Crippen LogP contribution >= 0.6 is 11.6 Å². The minimum Gasteiger partial charge on any atom is -0.481 e. The van der Waals surface area contributed by atoms with E-state index in [1.165, 1.54) is 0 Å². The number of likely N-dealkylation sites (N-methyl/N-ethyl adjacent to an activating group) is 1. The average molecular weight is 337 g/mol. The van der Waals surface area contributed by atoms with E-state index < -0.39 is 17.8 Å². The van der Waals surface area contributed by atoms with Crippen LogP contribution in [0.4, 0.5) is 0 Å². The molecule has 1 saturated heterocycles. The Morgan fingerprint density at radius 1 is 1.26 bits per heavy atom. The number of hydrogen-bond donors (Lipinski definition) is 2. The fourth-order valence-electron chi connectivity index (χ4n) is 3.16. The highest BCUT2D eigenvalue weighted by Gasteiger charge is 2.50. The summed E-state index contributed by atoms with van der Waals surface area (Å²) in [6.45, 7) is 0. The van der Waals surface area contributed by atoms with E-state index in [2.05, 4.69) is 5.32 Å². The van der Waals surface area contributed by atoms with Gasteiger partial charge in [-0.25, -0.2) is 0 Å². The lowest BCUT2D eigenvalue weighted by Gasteiger charge is -2.26. The zero-order chi connectivity index (χ0) is 16.7. The number of carbonyl (C=O) groups is 3. The van der Waals surface area contributed by atoms with Crippen molar-refractivity contribution in [3.8, 4) is 0 Å². The molecule has 7 heteroatoms. The summed E-state index contributed by atoms with van der Waals surface area (Å²) in [5, 5.41) is 12.4. The van der Waals surface area contributed by atoms with Gasteiger partial charge in [-0.1, -0.05) is 23.7 Å². The zero-order valence-corrected chi connectivity index (χ0v) is 13.3. The van der Waals surface area contributed by atoms with E-state index in [-0.39, 0.29) is 30.3 Å². The lowest BCUT2D eigenvalue weighted by Crippen LogP contribution is -2.40. The SMILES string of the molecule is CN1C(=O)C[C@H](NC(=O)[C@@H]2C[C@@H]2C(=O)O)[C@H]1c1ccc(Cl)cc1. The van der Waals surface area contributed by atoms with E-state index >= 15 is 0 Å². The molecule has 1 aromatic carbocycles. The second-order valence-corrected chi connectivity index (χ2v) is 6.54. The molecule has 2 aliphatic rings. The standard InChI is InChI=1S/C16H17ClN2O4/c1-19-13(20)7-12(14(19)8-2-4-9(17)5-3-8)18-15(21)10-6-11(10)16(22)23/h2-5,10-12,14H,6-7H2,1H3,(H,18,21)(H,22,23)/t10-,11+,12+,14-/m1/s1. The zero-order valence-electron chi connectivity index (χ0n) is 12.5. The summed E-state index contributed by atoms with van der Waals surface area (Å²) in [4.78, 5) is 36.7. The van der Waals surface area contributed by atoms with E-state index in [1.54, 1.807) is 24.1 Å². The molecular formula is C16H17ClN2O4. The van der Waals surface area contributed by atoms with E-state index in [9.17, 15) is 14.4 Å². The molecule has 122 valence electrons. The van der Waals surface area contributed by atoms with E-state index in [1.807, 2.05) is 12.1 Å². The first kappa shape index (κ1) is 15.8.